The normalized spacial score (nSPS) is 34.5. The molecule has 4 aliphatic rings. The summed E-state index contributed by atoms with van der Waals surface area (Å²) in [6.07, 6.45) is 5.96. The summed E-state index contributed by atoms with van der Waals surface area (Å²) in [7, 11) is 0. The number of halogens is 3. The molecule has 0 radical (unpaired) electrons. The molecule has 7 heteroatoms. The molecule has 0 spiro atoms. The lowest BCUT2D eigenvalue weighted by Crippen LogP contribution is -2.56. The van der Waals surface area contributed by atoms with Gasteiger partial charge < -0.3 is 4.74 Å². The molecule has 1 aromatic carbocycles. The van der Waals surface area contributed by atoms with E-state index >= 15 is 0 Å². The van der Waals surface area contributed by atoms with Crippen molar-refractivity contribution in [2.45, 2.75) is 56.0 Å². The molecule has 0 saturated heterocycles. The summed E-state index contributed by atoms with van der Waals surface area (Å²) in [5, 5.41) is 0. The van der Waals surface area contributed by atoms with E-state index in [4.69, 9.17) is 4.74 Å². The third kappa shape index (κ3) is 2.80. The minimum Gasteiger partial charge on any atom is -0.457 e. The van der Waals surface area contributed by atoms with Crippen LogP contribution in [0.5, 0.6) is 0 Å². The summed E-state index contributed by atoms with van der Waals surface area (Å²) >= 11 is 3.89. The van der Waals surface area contributed by atoms with Gasteiger partial charge in [-0.05, 0) is 62.5 Å². The third-order valence-electron chi connectivity index (χ3n) is 6.62. The molecule has 27 heavy (non-hydrogen) atoms. The fraction of sp³-hybridized carbons (Fsp3) is 0.600. The van der Waals surface area contributed by atoms with Crippen LogP contribution in [0.2, 0.25) is 0 Å². The van der Waals surface area contributed by atoms with Gasteiger partial charge in [0.1, 0.15) is 6.61 Å². The standard InChI is InChI=1S/C20H21BrF2N2O2/c21-20-8-12-5-13(9-20)7-19(6-12,11-20)17(26)27-10-16-24-14-3-1-2-4-15(14)25(16)18(22)23/h1-4,12-13,18H,5-11H2. The molecule has 2 aromatic rings. The van der Waals surface area contributed by atoms with Gasteiger partial charge in [-0.25, -0.2) is 4.98 Å². The average molecular weight is 439 g/mol. The Morgan fingerprint density at radius 2 is 1.96 bits per heavy atom. The van der Waals surface area contributed by atoms with Gasteiger partial charge in [0.05, 0.1) is 16.4 Å². The molecule has 4 bridgehead atoms. The summed E-state index contributed by atoms with van der Waals surface area (Å²) < 4.78 is 33.6. The van der Waals surface area contributed by atoms with Crippen LogP contribution in [0.25, 0.3) is 11.0 Å². The molecule has 4 fully saturated rings. The monoisotopic (exact) mass is 438 g/mol. The second-order valence-electron chi connectivity index (χ2n) is 8.63. The third-order valence-corrected chi connectivity index (χ3v) is 7.55. The number of carbonyl (C=O) groups is 1. The predicted molar refractivity (Wildman–Crippen MR) is 99.6 cm³/mol. The van der Waals surface area contributed by atoms with Gasteiger partial charge in [0, 0.05) is 4.32 Å². The summed E-state index contributed by atoms with van der Waals surface area (Å²) in [6, 6.07) is 6.75. The second-order valence-corrected chi connectivity index (χ2v) is 10.3. The highest BCUT2D eigenvalue weighted by Gasteiger charge is 2.60. The Kier molecular flexibility index (Phi) is 3.91. The quantitative estimate of drug-likeness (QED) is 0.486. The fourth-order valence-corrected chi connectivity index (χ4v) is 7.54. The number of alkyl halides is 3. The van der Waals surface area contributed by atoms with E-state index in [2.05, 4.69) is 20.9 Å². The van der Waals surface area contributed by atoms with Gasteiger partial charge in [0.15, 0.2) is 5.82 Å². The van der Waals surface area contributed by atoms with Crippen LogP contribution in [0.4, 0.5) is 8.78 Å². The van der Waals surface area contributed by atoms with Crippen LogP contribution in [0.15, 0.2) is 24.3 Å². The van der Waals surface area contributed by atoms with Crippen LogP contribution in [-0.2, 0) is 16.1 Å². The first kappa shape index (κ1) is 17.6. The van der Waals surface area contributed by atoms with E-state index in [0.717, 1.165) is 36.7 Å². The zero-order valence-electron chi connectivity index (χ0n) is 14.8. The maximum Gasteiger partial charge on any atom is 0.320 e. The van der Waals surface area contributed by atoms with Crippen LogP contribution in [0.1, 0.15) is 50.9 Å². The maximum absolute atomic E-state index is 13.6. The number of nitrogens with zero attached hydrogens (tertiary/aromatic N) is 2. The topological polar surface area (TPSA) is 44.1 Å². The number of benzene rings is 1. The minimum atomic E-state index is -2.73. The number of ether oxygens (including phenoxy) is 1. The van der Waals surface area contributed by atoms with Gasteiger partial charge in [0.25, 0.3) is 0 Å². The molecule has 1 aromatic heterocycles. The highest BCUT2D eigenvalue weighted by molar-refractivity contribution is 9.10. The number of hydrogen-bond acceptors (Lipinski definition) is 3. The Hall–Kier alpha value is -1.50. The lowest BCUT2D eigenvalue weighted by Gasteiger charge is -2.58. The van der Waals surface area contributed by atoms with E-state index < -0.39 is 12.0 Å². The molecule has 6 rings (SSSR count). The molecule has 144 valence electrons. The largest absolute Gasteiger partial charge is 0.457 e. The van der Waals surface area contributed by atoms with E-state index in [1.54, 1.807) is 24.3 Å². The van der Waals surface area contributed by atoms with Gasteiger partial charge in [-0.3, -0.25) is 9.36 Å². The summed E-state index contributed by atoms with van der Waals surface area (Å²) in [5.41, 5.74) is 0.376. The number of esters is 1. The zero-order valence-corrected chi connectivity index (χ0v) is 16.4. The van der Waals surface area contributed by atoms with Crippen LogP contribution in [0.3, 0.4) is 0 Å². The first-order valence-corrected chi connectivity index (χ1v) is 10.3. The van der Waals surface area contributed by atoms with Gasteiger partial charge >= 0.3 is 12.5 Å². The van der Waals surface area contributed by atoms with Crippen molar-refractivity contribution in [3.63, 3.8) is 0 Å². The SMILES string of the molecule is O=C(OCc1nc2ccccc2n1C(F)F)C12CC3CC(CC(Br)(C3)C1)C2. The molecular weight excluding hydrogens is 418 g/mol. The Balaban J connectivity index is 1.39. The summed E-state index contributed by atoms with van der Waals surface area (Å²) in [4.78, 5) is 17.3. The highest BCUT2D eigenvalue weighted by atomic mass is 79.9. The lowest BCUT2D eigenvalue weighted by molar-refractivity contribution is -0.171. The zero-order chi connectivity index (χ0) is 18.8. The molecule has 4 saturated carbocycles. The van der Waals surface area contributed by atoms with Crippen molar-refractivity contribution in [3.05, 3.63) is 30.1 Å². The number of fused-ring (bicyclic) bond motifs is 1. The minimum absolute atomic E-state index is 0.0478. The van der Waals surface area contributed by atoms with Crippen molar-refractivity contribution in [2.75, 3.05) is 0 Å². The van der Waals surface area contributed by atoms with E-state index in [0.29, 0.717) is 22.9 Å². The Morgan fingerprint density at radius 1 is 1.26 bits per heavy atom. The Bertz CT molecular complexity index is 899. The second kappa shape index (κ2) is 6.00. The predicted octanol–water partition coefficient (Wildman–Crippen LogP) is 5.21. The van der Waals surface area contributed by atoms with Gasteiger partial charge in [-0.1, -0.05) is 28.1 Å². The van der Waals surface area contributed by atoms with E-state index in [9.17, 15) is 13.6 Å². The first-order chi connectivity index (χ1) is 12.9. The average Bonchev–Trinajstić information content (AvgIpc) is 2.96. The number of aromatic nitrogens is 2. The Labute approximate surface area is 164 Å². The highest BCUT2D eigenvalue weighted by Crippen LogP contribution is 2.64. The summed E-state index contributed by atoms with van der Waals surface area (Å²) in [5.74, 6) is 0.971. The number of para-hydroxylation sites is 2. The van der Waals surface area contributed by atoms with Gasteiger partial charge in [-0.15, -0.1) is 0 Å². The molecular formula is C20H21BrF2N2O2. The fourth-order valence-electron chi connectivity index (χ4n) is 6.09. The van der Waals surface area contributed by atoms with Gasteiger partial charge in [0.2, 0.25) is 0 Å². The van der Waals surface area contributed by atoms with E-state index in [-0.39, 0.29) is 22.7 Å². The lowest BCUT2D eigenvalue weighted by atomic mass is 9.49. The molecule has 4 nitrogen and oxygen atoms in total. The molecule has 0 N–H and O–H groups in total. The van der Waals surface area contributed by atoms with E-state index in [1.165, 1.54) is 6.42 Å². The number of hydrogen-bond donors (Lipinski definition) is 0. The molecule has 0 amide bonds. The van der Waals surface area contributed by atoms with Crippen molar-refractivity contribution >= 4 is 32.9 Å². The van der Waals surface area contributed by atoms with Crippen molar-refractivity contribution < 1.29 is 18.3 Å². The van der Waals surface area contributed by atoms with Crippen LogP contribution in [0, 0.1) is 17.3 Å². The van der Waals surface area contributed by atoms with Crippen LogP contribution in [-0.4, -0.2) is 19.8 Å². The van der Waals surface area contributed by atoms with Crippen LogP contribution < -0.4 is 0 Å². The van der Waals surface area contributed by atoms with Crippen molar-refractivity contribution in [3.8, 4) is 0 Å². The molecule has 2 unspecified atom stereocenters. The Morgan fingerprint density at radius 3 is 2.63 bits per heavy atom. The molecule has 0 aliphatic heterocycles. The molecule has 4 aliphatic carbocycles. The van der Waals surface area contributed by atoms with Crippen molar-refractivity contribution in [1.29, 1.82) is 0 Å². The van der Waals surface area contributed by atoms with Gasteiger partial charge in [-0.2, -0.15) is 8.78 Å². The number of carbonyl (C=O) groups excluding carboxylic acids is 1. The van der Waals surface area contributed by atoms with Crippen molar-refractivity contribution in [2.24, 2.45) is 17.3 Å². The molecule has 2 atom stereocenters. The summed E-state index contributed by atoms with van der Waals surface area (Å²) in [6.45, 7) is -2.94. The van der Waals surface area contributed by atoms with Crippen molar-refractivity contribution in [1.82, 2.24) is 9.55 Å². The first-order valence-electron chi connectivity index (χ1n) is 9.48. The number of rotatable bonds is 4. The smallest absolute Gasteiger partial charge is 0.320 e. The van der Waals surface area contributed by atoms with E-state index in [1.807, 2.05) is 0 Å². The maximum atomic E-state index is 13.6. The molecule has 1 heterocycles. The number of imidazole rings is 1. The van der Waals surface area contributed by atoms with Crippen LogP contribution >= 0.6 is 15.9 Å².